The van der Waals surface area contributed by atoms with E-state index in [4.69, 9.17) is 14.5 Å². The first-order valence-corrected chi connectivity index (χ1v) is 11.2. The molecule has 4 rings (SSSR count). The van der Waals surface area contributed by atoms with Crippen LogP contribution >= 0.6 is 0 Å². The Morgan fingerprint density at radius 1 is 0.971 bits per heavy atom. The van der Waals surface area contributed by atoms with E-state index in [1.165, 1.54) is 0 Å². The minimum atomic E-state index is -0.298. The molecule has 0 atom stereocenters. The maximum absolute atomic E-state index is 13.2. The van der Waals surface area contributed by atoms with Crippen molar-refractivity contribution >= 4 is 23.1 Å². The summed E-state index contributed by atoms with van der Waals surface area (Å²) in [5.41, 5.74) is 3.63. The molecule has 0 saturated carbocycles. The molecule has 0 spiro atoms. The third-order valence-corrected chi connectivity index (χ3v) is 5.60. The number of aliphatic imine (C=N–C) groups is 1. The highest BCUT2D eigenvalue weighted by Gasteiger charge is 2.28. The van der Waals surface area contributed by atoms with E-state index in [1.54, 1.807) is 43.5 Å². The predicted molar refractivity (Wildman–Crippen MR) is 133 cm³/mol. The molecule has 0 radical (unpaired) electrons. The van der Waals surface area contributed by atoms with Gasteiger partial charge in [-0.05, 0) is 62.2 Å². The van der Waals surface area contributed by atoms with Gasteiger partial charge in [-0.1, -0.05) is 36.4 Å². The zero-order valence-electron chi connectivity index (χ0n) is 19.6. The van der Waals surface area contributed by atoms with Gasteiger partial charge in [0.15, 0.2) is 12.4 Å². The smallest absolute Gasteiger partial charge is 0.262 e. The second-order valence-corrected chi connectivity index (χ2v) is 8.90. The lowest BCUT2D eigenvalue weighted by Crippen LogP contribution is -2.30. The minimum Gasteiger partial charge on any atom is -0.497 e. The van der Waals surface area contributed by atoms with Crippen LogP contribution in [0.1, 0.15) is 41.8 Å². The molecule has 6 heteroatoms. The number of nitrogens with zero attached hydrogens (tertiary/aromatic N) is 1. The van der Waals surface area contributed by atoms with Crippen LogP contribution < -0.4 is 14.8 Å². The van der Waals surface area contributed by atoms with E-state index in [9.17, 15) is 9.59 Å². The summed E-state index contributed by atoms with van der Waals surface area (Å²) in [7, 11) is 1.63. The van der Waals surface area contributed by atoms with Gasteiger partial charge in [0, 0.05) is 16.8 Å². The molecule has 3 aromatic carbocycles. The lowest BCUT2D eigenvalue weighted by molar-refractivity contribution is -0.118. The number of benzene rings is 3. The first-order valence-electron chi connectivity index (χ1n) is 11.2. The van der Waals surface area contributed by atoms with E-state index in [0.29, 0.717) is 17.0 Å². The molecular formula is C28H28N2O4. The van der Waals surface area contributed by atoms with Gasteiger partial charge >= 0.3 is 0 Å². The fraction of sp³-hybridized carbons (Fsp3) is 0.250. The summed E-state index contributed by atoms with van der Waals surface area (Å²) in [6, 6.07) is 22.0. The van der Waals surface area contributed by atoms with Gasteiger partial charge in [-0.25, -0.2) is 0 Å². The molecule has 1 heterocycles. The number of carbonyl (C=O) groups excluding carboxylic acids is 2. The molecule has 174 valence electrons. The molecule has 0 bridgehead atoms. The van der Waals surface area contributed by atoms with Crippen molar-refractivity contribution in [2.45, 2.75) is 32.2 Å². The van der Waals surface area contributed by atoms with Crippen molar-refractivity contribution in [1.82, 2.24) is 0 Å². The third kappa shape index (κ3) is 5.70. The highest BCUT2D eigenvalue weighted by molar-refractivity contribution is 6.17. The van der Waals surface area contributed by atoms with Crippen molar-refractivity contribution in [3.63, 3.8) is 0 Å². The Balaban J connectivity index is 1.46. The van der Waals surface area contributed by atoms with Crippen molar-refractivity contribution in [2.24, 2.45) is 4.99 Å². The number of amides is 1. The van der Waals surface area contributed by atoms with E-state index in [2.05, 4.69) is 19.2 Å². The topological polar surface area (TPSA) is 77.0 Å². The maximum atomic E-state index is 13.2. The summed E-state index contributed by atoms with van der Waals surface area (Å²) in [5.74, 6) is 0.991. The number of hydrogen-bond acceptors (Lipinski definition) is 5. The van der Waals surface area contributed by atoms with Crippen LogP contribution in [0.4, 0.5) is 5.69 Å². The first kappa shape index (κ1) is 23.2. The number of fused-ring (bicyclic) bond motifs is 1. The molecular weight excluding hydrogens is 428 g/mol. The number of anilines is 1. The van der Waals surface area contributed by atoms with E-state index < -0.39 is 0 Å². The Bertz CT molecular complexity index is 1230. The summed E-state index contributed by atoms with van der Waals surface area (Å²) in [5, 5.41) is 2.79. The van der Waals surface area contributed by atoms with Gasteiger partial charge in [-0.15, -0.1) is 0 Å². The van der Waals surface area contributed by atoms with Crippen LogP contribution in [0.25, 0.3) is 0 Å². The van der Waals surface area contributed by atoms with Crippen molar-refractivity contribution in [3.8, 4) is 11.5 Å². The van der Waals surface area contributed by atoms with E-state index in [1.807, 2.05) is 36.4 Å². The molecule has 3 aromatic rings. The molecule has 1 aliphatic heterocycles. The molecule has 1 aliphatic rings. The van der Waals surface area contributed by atoms with E-state index in [0.717, 1.165) is 29.0 Å². The molecule has 1 amide bonds. The lowest BCUT2D eigenvalue weighted by Gasteiger charge is -2.29. The Morgan fingerprint density at radius 3 is 2.53 bits per heavy atom. The molecule has 0 fully saturated rings. The van der Waals surface area contributed by atoms with Crippen LogP contribution in [-0.2, 0) is 11.2 Å². The molecule has 6 nitrogen and oxygen atoms in total. The monoisotopic (exact) mass is 456 g/mol. The Morgan fingerprint density at radius 2 is 1.76 bits per heavy atom. The summed E-state index contributed by atoms with van der Waals surface area (Å²) < 4.78 is 10.9. The lowest BCUT2D eigenvalue weighted by atomic mass is 9.85. The number of para-hydroxylation sites is 1. The van der Waals surface area contributed by atoms with Gasteiger partial charge in [-0.3, -0.25) is 14.6 Å². The fourth-order valence-electron chi connectivity index (χ4n) is 4.06. The fourth-order valence-corrected chi connectivity index (χ4v) is 4.06. The van der Waals surface area contributed by atoms with Crippen LogP contribution in [0.5, 0.6) is 11.5 Å². The Labute approximate surface area is 199 Å². The zero-order valence-corrected chi connectivity index (χ0v) is 19.6. The second-order valence-electron chi connectivity index (χ2n) is 8.90. The number of Topliss-reactive ketones (excluding diaryl/α,β-unsaturated/α-hetero) is 1. The van der Waals surface area contributed by atoms with Crippen LogP contribution in [0.15, 0.2) is 77.8 Å². The standard InChI is InChI=1S/C28H28N2O4/c1-28(2)17-20-12-13-23(33-3)15-24(20)25(30-28)16-26(31)19-8-7-9-21(14-19)29-27(32)18-34-22-10-5-4-6-11-22/h4-15H,16-18H2,1-3H3,(H,29,32). The van der Waals surface area contributed by atoms with Gasteiger partial charge in [0.25, 0.3) is 5.91 Å². The number of carbonyl (C=O) groups is 2. The van der Waals surface area contributed by atoms with Gasteiger partial charge in [0.05, 0.1) is 24.8 Å². The third-order valence-electron chi connectivity index (χ3n) is 5.60. The molecule has 1 N–H and O–H groups in total. The van der Waals surface area contributed by atoms with Crippen LogP contribution in [-0.4, -0.2) is 36.7 Å². The van der Waals surface area contributed by atoms with Gasteiger partial charge in [-0.2, -0.15) is 0 Å². The van der Waals surface area contributed by atoms with Crippen molar-refractivity contribution < 1.29 is 19.1 Å². The van der Waals surface area contributed by atoms with Crippen LogP contribution in [0.3, 0.4) is 0 Å². The molecule has 0 saturated heterocycles. The highest BCUT2D eigenvalue weighted by atomic mass is 16.5. The summed E-state index contributed by atoms with van der Waals surface area (Å²) in [6.45, 7) is 4.02. The first-order chi connectivity index (χ1) is 16.3. The molecule has 34 heavy (non-hydrogen) atoms. The maximum Gasteiger partial charge on any atom is 0.262 e. The Hall–Kier alpha value is -3.93. The Kier molecular flexibility index (Phi) is 6.77. The molecule has 0 unspecified atom stereocenters. The van der Waals surface area contributed by atoms with Crippen molar-refractivity contribution in [2.75, 3.05) is 19.0 Å². The highest BCUT2D eigenvalue weighted by Crippen LogP contribution is 2.31. The predicted octanol–water partition coefficient (Wildman–Crippen LogP) is 5.11. The van der Waals surface area contributed by atoms with Gasteiger partial charge in [0.1, 0.15) is 11.5 Å². The number of nitrogens with one attached hydrogen (secondary N) is 1. The van der Waals surface area contributed by atoms with Gasteiger partial charge in [0.2, 0.25) is 0 Å². The molecule has 0 aliphatic carbocycles. The average Bonchev–Trinajstić information content (AvgIpc) is 2.82. The number of ether oxygens (including phenoxy) is 2. The second kappa shape index (κ2) is 9.91. The average molecular weight is 457 g/mol. The SMILES string of the molecule is COc1ccc2c(c1)C(CC(=O)c1cccc(NC(=O)COc3ccccc3)c1)=NC(C)(C)C2. The quantitative estimate of drug-likeness (QED) is 0.478. The summed E-state index contributed by atoms with van der Waals surface area (Å²) in [6.07, 6.45) is 0.967. The number of rotatable bonds is 8. The molecule has 0 aromatic heterocycles. The van der Waals surface area contributed by atoms with E-state index >= 15 is 0 Å². The van der Waals surface area contributed by atoms with Crippen molar-refractivity contribution in [3.05, 3.63) is 89.5 Å². The number of hydrogen-bond donors (Lipinski definition) is 1. The van der Waals surface area contributed by atoms with Crippen molar-refractivity contribution in [1.29, 1.82) is 0 Å². The zero-order chi connectivity index (χ0) is 24.1. The van der Waals surface area contributed by atoms with Crippen LogP contribution in [0, 0.1) is 0 Å². The number of methoxy groups -OCH3 is 1. The minimum absolute atomic E-state index is 0.0677. The van der Waals surface area contributed by atoms with Gasteiger partial charge < -0.3 is 14.8 Å². The summed E-state index contributed by atoms with van der Waals surface area (Å²) >= 11 is 0. The normalized spacial score (nSPS) is 13.9. The largest absolute Gasteiger partial charge is 0.497 e. The van der Waals surface area contributed by atoms with E-state index in [-0.39, 0.29) is 30.3 Å². The summed E-state index contributed by atoms with van der Waals surface area (Å²) in [4.78, 5) is 30.4. The number of ketones is 1. The van der Waals surface area contributed by atoms with Crippen LogP contribution in [0.2, 0.25) is 0 Å².